The number of ether oxygens (including phenoxy) is 2. The number of carbonyl (C=O) groups excluding carboxylic acids is 2. The van der Waals surface area contributed by atoms with Crippen LogP contribution in [0.25, 0.3) is 11.3 Å². The molecule has 12 heteroatoms. The van der Waals surface area contributed by atoms with Crippen LogP contribution in [0.4, 0.5) is 13.2 Å². The molecule has 1 saturated carbocycles. The van der Waals surface area contributed by atoms with Crippen LogP contribution in [-0.4, -0.2) is 49.3 Å². The highest BCUT2D eigenvalue weighted by molar-refractivity contribution is 6.15. The highest BCUT2D eigenvalue weighted by Gasteiger charge is 2.44. The molecule has 0 radical (unpaired) electrons. The van der Waals surface area contributed by atoms with Gasteiger partial charge in [-0.2, -0.15) is 8.78 Å². The minimum absolute atomic E-state index is 0.0371. The van der Waals surface area contributed by atoms with Crippen molar-refractivity contribution in [2.75, 3.05) is 20.3 Å². The molecule has 2 heterocycles. The van der Waals surface area contributed by atoms with Crippen LogP contribution in [0.2, 0.25) is 0 Å². The average molecular weight is 610 g/mol. The molecule has 232 valence electrons. The minimum atomic E-state index is -2.84. The number of nitrogens with zero attached hydrogens (tertiary/aromatic N) is 1. The maximum absolute atomic E-state index is 13.8. The summed E-state index contributed by atoms with van der Waals surface area (Å²) < 4.78 is 50.5. The summed E-state index contributed by atoms with van der Waals surface area (Å²) in [5.74, 6) is -1.05. The largest absolute Gasteiger partial charge is 0.494 e. The average Bonchev–Trinajstić information content (AvgIpc) is 3.66. The van der Waals surface area contributed by atoms with Crippen LogP contribution in [0, 0.1) is 17.1 Å². The van der Waals surface area contributed by atoms with E-state index in [1.807, 2.05) is 11.4 Å². The number of rotatable bonds is 10. The van der Waals surface area contributed by atoms with Gasteiger partial charge in [-0.15, -0.1) is 0 Å². The van der Waals surface area contributed by atoms with E-state index < -0.39 is 29.6 Å². The van der Waals surface area contributed by atoms with Crippen molar-refractivity contribution in [1.82, 2.24) is 15.6 Å². The normalized spacial score (nSPS) is 21.4. The van der Waals surface area contributed by atoms with E-state index in [9.17, 15) is 22.8 Å². The van der Waals surface area contributed by atoms with Crippen LogP contribution >= 0.6 is 0 Å². The van der Waals surface area contributed by atoms with Crippen molar-refractivity contribution in [2.45, 2.75) is 50.5 Å². The Labute approximate surface area is 252 Å². The number of nitrogens with two attached hydrogens (primary N) is 1. The Morgan fingerprint density at radius 1 is 1.23 bits per heavy atom. The monoisotopic (exact) mass is 609 g/mol. The van der Waals surface area contributed by atoms with Crippen LogP contribution in [0.15, 0.2) is 65.6 Å². The second kappa shape index (κ2) is 12.6. The molecule has 3 aliphatic rings. The van der Waals surface area contributed by atoms with Gasteiger partial charge in [-0.1, -0.05) is 12.8 Å². The van der Waals surface area contributed by atoms with Crippen LogP contribution in [0.5, 0.6) is 5.75 Å². The summed E-state index contributed by atoms with van der Waals surface area (Å²) in [5, 5.41) is 13.0. The minimum Gasteiger partial charge on any atom is -0.494 e. The van der Waals surface area contributed by atoms with Crippen LogP contribution in [0.3, 0.4) is 0 Å². The first-order valence-electron chi connectivity index (χ1n) is 14.3. The van der Waals surface area contributed by atoms with E-state index in [4.69, 9.17) is 25.6 Å². The number of allylic oxidation sites excluding steroid dienone is 2. The first-order valence-corrected chi connectivity index (χ1v) is 14.3. The number of aromatic nitrogens is 1. The van der Waals surface area contributed by atoms with Gasteiger partial charge in [-0.05, 0) is 68.2 Å². The molecular weight excluding hydrogens is 575 g/mol. The number of benzene rings is 1. The topological polar surface area (TPSA) is 139 Å². The maximum Gasteiger partial charge on any atom is 0.312 e. The number of nitrogens with one attached hydrogen (secondary N) is 3. The second-order valence-corrected chi connectivity index (χ2v) is 11.4. The van der Waals surface area contributed by atoms with Gasteiger partial charge < -0.3 is 25.8 Å². The third kappa shape index (κ3) is 6.06. The van der Waals surface area contributed by atoms with Crippen molar-refractivity contribution in [1.29, 1.82) is 5.41 Å². The molecular formula is C32H34F3N5O4. The van der Waals surface area contributed by atoms with E-state index in [1.165, 1.54) is 31.4 Å². The van der Waals surface area contributed by atoms with Gasteiger partial charge in [0.1, 0.15) is 40.8 Å². The van der Waals surface area contributed by atoms with Gasteiger partial charge in [0.05, 0.1) is 7.11 Å². The molecule has 2 aromatic rings. The number of primary amides is 1. The van der Waals surface area contributed by atoms with Crippen LogP contribution in [-0.2, 0) is 19.7 Å². The van der Waals surface area contributed by atoms with Gasteiger partial charge in [0.15, 0.2) is 0 Å². The molecule has 44 heavy (non-hydrogen) atoms. The number of alkyl halides is 2. The summed E-state index contributed by atoms with van der Waals surface area (Å²) in [6.45, 7) is -0.903. The molecule has 0 bridgehead atoms. The van der Waals surface area contributed by atoms with Crippen molar-refractivity contribution in [2.24, 2.45) is 11.7 Å². The number of methoxy groups -OCH3 is 1. The standard InChI is InChI=1S/C32H34F3N5O4/c1-32(30(37)42)16-44-28-23(32)13-24(40-27(28)18-7-9-21(33)10-8-18)22(17-5-3-4-6-17)15-38-29(41)19-11-20(14-39-31(34)35)26(36)25(12-19)43-2/h7-14,17,22,31,36,39H,3-6,15-16H2,1-2H3,(H2,37,42)(H,38,41)/b20-14-,36-26?/t22-,32-/m0/s1. The third-order valence-electron chi connectivity index (χ3n) is 8.56. The zero-order valence-corrected chi connectivity index (χ0v) is 24.4. The number of amides is 2. The van der Waals surface area contributed by atoms with E-state index in [0.29, 0.717) is 28.3 Å². The predicted molar refractivity (Wildman–Crippen MR) is 158 cm³/mol. The van der Waals surface area contributed by atoms with E-state index >= 15 is 0 Å². The van der Waals surface area contributed by atoms with E-state index in [-0.39, 0.29) is 47.6 Å². The summed E-state index contributed by atoms with van der Waals surface area (Å²) in [6, 6.07) is 7.67. The van der Waals surface area contributed by atoms with Gasteiger partial charge >= 0.3 is 6.55 Å². The summed E-state index contributed by atoms with van der Waals surface area (Å²) >= 11 is 0. The van der Waals surface area contributed by atoms with E-state index in [0.717, 1.165) is 31.9 Å². The fourth-order valence-corrected chi connectivity index (χ4v) is 5.97. The number of hydrogen-bond acceptors (Lipinski definition) is 7. The zero-order valence-electron chi connectivity index (χ0n) is 24.4. The van der Waals surface area contributed by atoms with Gasteiger partial charge in [0.2, 0.25) is 5.91 Å². The molecule has 5 rings (SSSR count). The fourth-order valence-electron chi connectivity index (χ4n) is 5.97. The number of pyridine rings is 1. The smallest absolute Gasteiger partial charge is 0.312 e. The molecule has 1 aliphatic heterocycles. The van der Waals surface area contributed by atoms with Crippen molar-refractivity contribution < 1.29 is 32.2 Å². The fraction of sp³-hybridized carbons (Fsp3) is 0.375. The molecule has 9 nitrogen and oxygen atoms in total. The highest BCUT2D eigenvalue weighted by atomic mass is 19.3. The van der Waals surface area contributed by atoms with Crippen molar-refractivity contribution >= 4 is 17.5 Å². The Balaban J connectivity index is 1.51. The van der Waals surface area contributed by atoms with Crippen LogP contribution < -0.4 is 21.1 Å². The molecule has 0 saturated heterocycles. The lowest BCUT2D eigenvalue weighted by Gasteiger charge is -2.26. The lowest BCUT2D eigenvalue weighted by molar-refractivity contribution is -0.123. The van der Waals surface area contributed by atoms with Gasteiger partial charge in [0, 0.05) is 46.6 Å². The van der Waals surface area contributed by atoms with E-state index in [2.05, 4.69) is 5.32 Å². The van der Waals surface area contributed by atoms with Crippen molar-refractivity contribution in [3.05, 3.63) is 82.7 Å². The molecule has 0 unspecified atom stereocenters. The molecule has 1 fully saturated rings. The summed E-state index contributed by atoms with van der Waals surface area (Å²) in [6.07, 6.45) is 7.56. The Morgan fingerprint density at radius 3 is 2.57 bits per heavy atom. The number of hydrogen-bond donors (Lipinski definition) is 4. The third-order valence-corrected chi connectivity index (χ3v) is 8.56. The Hall–Kier alpha value is -4.61. The van der Waals surface area contributed by atoms with Crippen molar-refractivity contribution in [3.8, 4) is 17.0 Å². The lowest BCUT2D eigenvalue weighted by atomic mass is 9.80. The highest BCUT2D eigenvalue weighted by Crippen LogP contribution is 2.46. The maximum atomic E-state index is 13.8. The van der Waals surface area contributed by atoms with Gasteiger partial charge in [0.25, 0.3) is 5.91 Å². The lowest BCUT2D eigenvalue weighted by Crippen LogP contribution is -2.40. The predicted octanol–water partition coefficient (Wildman–Crippen LogP) is 4.60. The summed E-state index contributed by atoms with van der Waals surface area (Å²) in [5.41, 5.74) is 7.07. The quantitative estimate of drug-likeness (QED) is 0.291. The Kier molecular flexibility index (Phi) is 8.80. The molecule has 2 amide bonds. The number of fused-ring (bicyclic) bond motifs is 1. The number of halogens is 3. The molecule has 0 spiro atoms. The van der Waals surface area contributed by atoms with Crippen LogP contribution in [0.1, 0.15) is 49.8 Å². The number of carbonyl (C=O) groups is 2. The van der Waals surface area contributed by atoms with Crippen molar-refractivity contribution in [3.63, 3.8) is 0 Å². The SMILES string of the molecule is COC1=CC(C(=O)NC[C@H](c2cc3c(c(-c4ccc(F)cc4)n2)OC[C@]3(C)C(N)=O)C2CCCC2)=C/C(=C/NC(F)F)C1=N. The van der Waals surface area contributed by atoms with E-state index in [1.54, 1.807) is 19.1 Å². The Morgan fingerprint density at radius 2 is 1.93 bits per heavy atom. The van der Waals surface area contributed by atoms with Gasteiger partial charge in [-0.3, -0.25) is 15.0 Å². The summed E-state index contributed by atoms with van der Waals surface area (Å²) in [7, 11) is 1.33. The van der Waals surface area contributed by atoms with Gasteiger partial charge in [-0.25, -0.2) is 9.37 Å². The molecule has 1 aromatic carbocycles. The first kappa shape index (κ1) is 30.8. The summed E-state index contributed by atoms with van der Waals surface area (Å²) in [4.78, 5) is 31.0. The molecule has 5 N–H and O–H groups in total. The molecule has 2 aliphatic carbocycles. The molecule has 1 aromatic heterocycles. The Bertz CT molecular complexity index is 1560. The molecule has 2 atom stereocenters. The first-order chi connectivity index (χ1) is 21.0. The zero-order chi connectivity index (χ0) is 31.6. The second-order valence-electron chi connectivity index (χ2n) is 11.4.